The summed E-state index contributed by atoms with van der Waals surface area (Å²) in [6.45, 7) is 5.43. The van der Waals surface area contributed by atoms with Gasteiger partial charge >= 0.3 is 0 Å². The summed E-state index contributed by atoms with van der Waals surface area (Å²) < 4.78 is 25.4. The van der Waals surface area contributed by atoms with E-state index in [1.165, 1.54) is 6.07 Å². The molecule has 1 aromatic rings. The second-order valence-corrected chi connectivity index (χ2v) is 4.33. The van der Waals surface area contributed by atoms with Gasteiger partial charge in [-0.15, -0.1) is 0 Å². The van der Waals surface area contributed by atoms with Gasteiger partial charge in [-0.25, -0.2) is 8.78 Å². The maximum absolute atomic E-state index is 12.8. The Hall–Kier alpha value is -1.45. The fourth-order valence-corrected chi connectivity index (χ4v) is 1.05. The molecule has 0 spiro atoms. The number of hydrogen-bond donors (Lipinski definition) is 1. The van der Waals surface area contributed by atoms with Crippen LogP contribution in [0, 0.1) is 11.6 Å². The van der Waals surface area contributed by atoms with E-state index in [4.69, 9.17) is 0 Å². The minimum atomic E-state index is -1.02. The molecule has 1 rings (SSSR count). The van der Waals surface area contributed by atoms with Crippen molar-refractivity contribution < 1.29 is 13.6 Å². The second kappa shape index (κ2) is 3.96. The van der Waals surface area contributed by atoms with E-state index < -0.39 is 23.1 Å². The van der Waals surface area contributed by atoms with Crippen LogP contribution in [0.5, 0.6) is 0 Å². The molecule has 2 nitrogen and oxygen atoms in total. The van der Waals surface area contributed by atoms with Crippen molar-refractivity contribution >= 4 is 5.91 Å². The molecule has 1 amide bonds. The molecule has 0 radical (unpaired) electrons. The average Bonchev–Trinajstić information content (AvgIpc) is 2.06. The normalized spacial score (nSPS) is 11.3. The molecule has 0 saturated heterocycles. The first-order valence-electron chi connectivity index (χ1n) is 4.57. The third-order valence-electron chi connectivity index (χ3n) is 1.67. The minimum Gasteiger partial charge on any atom is -0.347 e. The molecule has 4 heteroatoms. The van der Waals surface area contributed by atoms with E-state index >= 15 is 0 Å². The molecule has 0 unspecified atom stereocenters. The van der Waals surface area contributed by atoms with Gasteiger partial charge in [0, 0.05) is 11.1 Å². The summed E-state index contributed by atoms with van der Waals surface area (Å²) in [5.41, 5.74) is -0.286. The number of benzene rings is 1. The Kier molecular flexibility index (Phi) is 3.07. The van der Waals surface area contributed by atoms with Crippen molar-refractivity contribution in [3.63, 3.8) is 0 Å². The van der Waals surface area contributed by atoms with Crippen molar-refractivity contribution in [3.05, 3.63) is 35.4 Å². The highest BCUT2D eigenvalue weighted by molar-refractivity contribution is 5.94. The van der Waals surface area contributed by atoms with Crippen molar-refractivity contribution in [2.75, 3.05) is 0 Å². The Balaban J connectivity index is 2.88. The van der Waals surface area contributed by atoms with Crippen LogP contribution in [0.25, 0.3) is 0 Å². The van der Waals surface area contributed by atoms with Crippen molar-refractivity contribution in [2.45, 2.75) is 26.3 Å². The largest absolute Gasteiger partial charge is 0.347 e. The van der Waals surface area contributed by atoms with Gasteiger partial charge in [-0.05, 0) is 39.0 Å². The van der Waals surface area contributed by atoms with Crippen molar-refractivity contribution in [1.82, 2.24) is 5.32 Å². The number of nitrogens with one attached hydrogen (secondary N) is 1. The lowest BCUT2D eigenvalue weighted by Gasteiger charge is -2.20. The van der Waals surface area contributed by atoms with Crippen LogP contribution in [0.3, 0.4) is 0 Å². The first kappa shape index (κ1) is 11.6. The molecule has 0 aliphatic heterocycles. The molecular weight excluding hydrogens is 200 g/mol. The summed E-state index contributed by atoms with van der Waals surface area (Å²) in [4.78, 5) is 11.5. The maximum atomic E-state index is 12.8. The van der Waals surface area contributed by atoms with E-state index in [0.29, 0.717) is 0 Å². The number of halogens is 2. The lowest BCUT2D eigenvalue weighted by atomic mass is 10.1. The summed E-state index contributed by atoms with van der Waals surface area (Å²) >= 11 is 0. The minimum absolute atomic E-state index is 0.115. The third kappa shape index (κ3) is 3.31. The average molecular weight is 213 g/mol. The summed E-state index contributed by atoms with van der Waals surface area (Å²) in [6, 6.07) is 3.07. The topological polar surface area (TPSA) is 29.1 Å². The third-order valence-corrected chi connectivity index (χ3v) is 1.67. The van der Waals surface area contributed by atoms with Crippen LogP contribution in [0.4, 0.5) is 8.78 Å². The number of rotatable bonds is 1. The van der Waals surface area contributed by atoms with Gasteiger partial charge in [0.15, 0.2) is 11.6 Å². The molecular formula is C11H13F2NO. The zero-order valence-electron chi connectivity index (χ0n) is 8.90. The van der Waals surface area contributed by atoms with E-state index in [9.17, 15) is 13.6 Å². The maximum Gasteiger partial charge on any atom is 0.251 e. The zero-order chi connectivity index (χ0) is 11.6. The Morgan fingerprint density at radius 2 is 1.80 bits per heavy atom. The Morgan fingerprint density at radius 3 is 2.27 bits per heavy atom. The Labute approximate surface area is 87.3 Å². The monoisotopic (exact) mass is 213 g/mol. The van der Waals surface area contributed by atoms with Crippen LogP contribution >= 0.6 is 0 Å². The number of hydrogen-bond acceptors (Lipinski definition) is 1. The quantitative estimate of drug-likeness (QED) is 0.763. The zero-order valence-corrected chi connectivity index (χ0v) is 8.90. The Bertz CT molecular complexity index is 383. The van der Waals surface area contributed by atoms with E-state index in [0.717, 1.165) is 12.1 Å². The van der Waals surface area contributed by atoms with Gasteiger partial charge in [-0.1, -0.05) is 0 Å². The molecule has 0 saturated carbocycles. The molecule has 1 N–H and O–H groups in total. The highest BCUT2D eigenvalue weighted by Crippen LogP contribution is 2.10. The first-order chi connectivity index (χ1) is 6.79. The summed E-state index contributed by atoms with van der Waals surface area (Å²) in [5.74, 6) is -2.39. The highest BCUT2D eigenvalue weighted by Gasteiger charge is 2.16. The van der Waals surface area contributed by atoms with E-state index in [1.807, 2.05) is 20.8 Å². The Morgan fingerprint density at radius 1 is 1.20 bits per heavy atom. The summed E-state index contributed by atoms with van der Waals surface area (Å²) in [6.07, 6.45) is 0. The molecule has 0 aliphatic rings. The van der Waals surface area contributed by atoms with E-state index in [1.54, 1.807) is 0 Å². The first-order valence-corrected chi connectivity index (χ1v) is 4.57. The lowest BCUT2D eigenvalue weighted by molar-refractivity contribution is 0.0919. The number of carbonyl (C=O) groups excluding carboxylic acids is 1. The predicted octanol–water partition coefficient (Wildman–Crippen LogP) is 2.49. The highest BCUT2D eigenvalue weighted by atomic mass is 19.2. The molecule has 0 heterocycles. The molecule has 1 aromatic carbocycles. The smallest absolute Gasteiger partial charge is 0.251 e. The van der Waals surface area contributed by atoms with Gasteiger partial charge in [0.1, 0.15) is 0 Å². The van der Waals surface area contributed by atoms with E-state index in [-0.39, 0.29) is 5.56 Å². The van der Waals surface area contributed by atoms with Gasteiger partial charge in [0.25, 0.3) is 5.91 Å². The van der Waals surface area contributed by atoms with Gasteiger partial charge in [0.05, 0.1) is 0 Å². The van der Waals surface area contributed by atoms with Crippen molar-refractivity contribution in [1.29, 1.82) is 0 Å². The molecule has 15 heavy (non-hydrogen) atoms. The van der Waals surface area contributed by atoms with Crippen molar-refractivity contribution in [2.24, 2.45) is 0 Å². The van der Waals surface area contributed by atoms with Crippen LogP contribution in [0.2, 0.25) is 0 Å². The number of carbonyl (C=O) groups is 1. The van der Waals surface area contributed by atoms with Crippen LogP contribution in [0.15, 0.2) is 18.2 Å². The van der Waals surface area contributed by atoms with Crippen molar-refractivity contribution in [3.8, 4) is 0 Å². The predicted molar refractivity (Wildman–Crippen MR) is 53.6 cm³/mol. The molecule has 0 atom stereocenters. The van der Waals surface area contributed by atoms with Crippen LogP contribution in [0.1, 0.15) is 31.1 Å². The second-order valence-electron chi connectivity index (χ2n) is 4.33. The standard InChI is InChI=1S/C11H13F2NO/c1-11(2,3)14-10(15)7-4-5-8(12)9(13)6-7/h4-6H,1-3H3,(H,14,15). The molecule has 82 valence electrons. The molecule has 0 fully saturated rings. The van der Waals surface area contributed by atoms with Crippen LogP contribution in [-0.4, -0.2) is 11.4 Å². The van der Waals surface area contributed by atoms with Gasteiger partial charge in [-0.3, -0.25) is 4.79 Å². The SMILES string of the molecule is CC(C)(C)NC(=O)c1ccc(F)c(F)c1. The van der Waals surface area contributed by atoms with Gasteiger partial charge < -0.3 is 5.32 Å². The molecule has 0 aliphatic carbocycles. The van der Waals surface area contributed by atoms with Gasteiger partial charge in [-0.2, -0.15) is 0 Å². The lowest BCUT2D eigenvalue weighted by Crippen LogP contribution is -2.40. The number of amides is 1. The van der Waals surface area contributed by atoms with Crippen LogP contribution < -0.4 is 5.32 Å². The summed E-state index contributed by atoms with van der Waals surface area (Å²) in [7, 11) is 0. The van der Waals surface area contributed by atoms with Gasteiger partial charge in [0.2, 0.25) is 0 Å². The molecule has 0 aromatic heterocycles. The van der Waals surface area contributed by atoms with Crippen LogP contribution in [-0.2, 0) is 0 Å². The fraction of sp³-hybridized carbons (Fsp3) is 0.364. The fourth-order valence-electron chi connectivity index (χ4n) is 1.05. The van der Waals surface area contributed by atoms with E-state index in [2.05, 4.69) is 5.32 Å². The molecule has 0 bridgehead atoms. The summed E-state index contributed by atoms with van der Waals surface area (Å²) in [5, 5.41) is 2.65.